The summed E-state index contributed by atoms with van der Waals surface area (Å²) < 4.78 is 61.3. The Bertz CT molecular complexity index is 1770. The number of aromatic amines is 1. The molecule has 47 heavy (non-hydrogen) atoms. The van der Waals surface area contributed by atoms with Gasteiger partial charge in [-0.05, 0) is 86.9 Å². The van der Waals surface area contributed by atoms with Gasteiger partial charge in [0.15, 0.2) is 0 Å². The van der Waals surface area contributed by atoms with Crippen LogP contribution in [0, 0.1) is 5.41 Å². The van der Waals surface area contributed by atoms with Gasteiger partial charge in [-0.15, -0.1) is 0 Å². The number of hydrogen-bond donors (Lipinski definition) is 5. The van der Waals surface area contributed by atoms with Crippen LogP contribution in [0.1, 0.15) is 68.2 Å². The third-order valence-electron chi connectivity index (χ3n) is 8.61. The van der Waals surface area contributed by atoms with E-state index >= 15 is 0 Å². The summed E-state index contributed by atoms with van der Waals surface area (Å²) in [6, 6.07) is 10.8. The fourth-order valence-corrected chi connectivity index (χ4v) is 6.20. The third kappa shape index (κ3) is 8.38. The molecule has 3 atom stereocenters. The van der Waals surface area contributed by atoms with E-state index < -0.39 is 30.1 Å². The summed E-state index contributed by atoms with van der Waals surface area (Å²) >= 11 is 0. The third-order valence-corrected chi connectivity index (χ3v) is 8.61. The van der Waals surface area contributed by atoms with Crippen molar-refractivity contribution in [1.82, 2.24) is 25.2 Å². The van der Waals surface area contributed by atoms with Crippen molar-refractivity contribution in [2.75, 3.05) is 20.3 Å². The molecule has 1 fully saturated rings. The van der Waals surface area contributed by atoms with Gasteiger partial charge in [-0.3, -0.25) is 9.98 Å². The Morgan fingerprint density at radius 3 is 2.74 bits per heavy atom. The molecule has 0 aliphatic carbocycles. The molecule has 0 amide bonds. The molecule has 0 saturated carbocycles. The van der Waals surface area contributed by atoms with Crippen LogP contribution in [0.15, 0.2) is 53.5 Å². The van der Waals surface area contributed by atoms with Crippen molar-refractivity contribution in [3.63, 3.8) is 0 Å². The average molecular weight is 656 g/mol. The van der Waals surface area contributed by atoms with Gasteiger partial charge in [-0.2, -0.15) is 18.2 Å². The minimum Gasteiger partial charge on any atom is -0.496 e. The van der Waals surface area contributed by atoms with Crippen molar-refractivity contribution in [2.24, 2.45) is 5.73 Å². The van der Waals surface area contributed by atoms with Crippen molar-refractivity contribution < 1.29 is 22.3 Å². The van der Waals surface area contributed by atoms with Crippen LogP contribution in [0.2, 0.25) is 0 Å². The van der Waals surface area contributed by atoms with Crippen LogP contribution < -0.4 is 26.8 Å². The Kier molecular flexibility index (Phi) is 10.7. The summed E-state index contributed by atoms with van der Waals surface area (Å²) in [4.78, 5) is 20.4. The molecule has 2 aromatic carbocycles. The normalized spacial score (nSPS) is 17.5. The number of ether oxygens (including phenoxy) is 1. The number of nitrogens with two attached hydrogens (primary N) is 1. The average Bonchev–Trinajstić information content (AvgIpc) is 3.46. The summed E-state index contributed by atoms with van der Waals surface area (Å²) in [6.07, 6.45) is 2.09. The molecule has 6 N–H and O–H groups in total. The van der Waals surface area contributed by atoms with Gasteiger partial charge in [0.25, 0.3) is 0 Å². The summed E-state index contributed by atoms with van der Waals surface area (Å²) in [7, 11) is 1.58. The zero-order valence-electron chi connectivity index (χ0n) is 26.5. The number of alkyl halides is 4. The molecule has 9 nitrogen and oxygen atoms in total. The van der Waals surface area contributed by atoms with E-state index in [-0.39, 0.29) is 11.7 Å². The van der Waals surface area contributed by atoms with E-state index in [2.05, 4.69) is 20.6 Å². The molecular weight excluding hydrogens is 614 g/mol. The van der Waals surface area contributed by atoms with Crippen LogP contribution >= 0.6 is 0 Å². The quantitative estimate of drug-likeness (QED) is 0.0703. The maximum absolute atomic E-state index is 13.8. The highest BCUT2D eigenvalue weighted by Crippen LogP contribution is 2.36. The Hall–Kier alpha value is -4.23. The molecule has 252 valence electrons. The lowest BCUT2D eigenvalue weighted by atomic mass is 9.91. The highest BCUT2D eigenvalue weighted by atomic mass is 19.4. The summed E-state index contributed by atoms with van der Waals surface area (Å²) in [5, 5.41) is 14.9. The number of piperidine rings is 1. The van der Waals surface area contributed by atoms with E-state index in [0.717, 1.165) is 49.9 Å². The smallest absolute Gasteiger partial charge is 0.416 e. The minimum atomic E-state index is -4.56. The molecule has 0 unspecified atom stereocenters. The minimum absolute atomic E-state index is 0.0705. The molecule has 0 bridgehead atoms. The lowest BCUT2D eigenvalue weighted by Gasteiger charge is -2.32. The van der Waals surface area contributed by atoms with Crippen LogP contribution in [-0.2, 0) is 12.6 Å². The molecule has 4 aromatic rings. The number of amidine groups is 1. The largest absolute Gasteiger partial charge is 0.496 e. The van der Waals surface area contributed by atoms with E-state index in [1.54, 1.807) is 38.4 Å². The SMILES string of the molecule is COc1cc(-n2cc3cc(-c4cc(CCC[C@@H](N)CF)cc(C(F)(F)F)c4)[nH]c3nc2=O)ccc1[C@@H]1CCC[C@@H](CCNC(C)=N)N1. The van der Waals surface area contributed by atoms with E-state index in [1.807, 2.05) is 12.1 Å². The molecule has 0 spiro atoms. The van der Waals surface area contributed by atoms with Gasteiger partial charge < -0.3 is 26.1 Å². The van der Waals surface area contributed by atoms with Gasteiger partial charge in [0.05, 0.1) is 24.2 Å². The number of fused-ring (bicyclic) bond motifs is 1. The second kappa shape index (κ2) is 14.7. The van der Waals surface area contributed by atoms with Crippen LogP contribution in [0.3, 0.4) is 0 Å². The molecule has 1 aliphatic rings. The number of nitrogens with zero attached hydrogens (tertiary/aromatic N) is 2. The molecule has 3 heterocycles. The topological polar surface area (TPSA) is 134 Å². The monoisotopic (exact) mass is 655 g/mol. The molecule has 13 heteroatoms. The van der Waals surface area contributed by atoms with Crippen LogP contribution in [0.25, 0.3) is 28.0 Å². The first-order chi connectivity index (χ1) is 22.4. The fraction of sp³-hybridized carbons (Fsp3) is 0.441. The number of methoxy groups -OCH3 is 1. The zero-order valence-corrected chi connectivity index (χ0v) is 26.5. The second-order valence-electron chi connectivity index (χ2n) is 12.2. The van der Waals surface area contributed by atoms with Crippen LogP contribution in [0.5, 0.6) is 5.75 Å². The number of halogens is 4. The van der Waals surface area contributed by atoms with Crippen molar-refractivity contribution in [2.45, 2.75) is 76.2 Å². The van der Waals surface area contributed by atoms with Gasteiger partial charge in [0, 0.05) is 53.6 Å². The number of benzene rings is 2. The maximum Gasteiger partial charge on any atom is 0.416 e. The van der Waals surface area contributed by atoms with Crippen LogP contribution in [-0.4, -0.2) is 52.8 Å². The lowest BCUT2D eigenvalue weighted by Crippen LogP contribution is -2.39. The highest BCUT2D eigenvalue weighted by molar-refractivity contribution is 5.83. The number of H-pyrrole nitrogens is 1. The first-order valence-electron chi connectivity index (χ1n) is 15.8. The predicted octanol–water partition coefficient (Wildman–Crippen LogP) is 6.19. The van der Waals surface area contributed by atoms with E-state index in [0.29, 0.717) is 64.8 Å². The van der Waals surface area contributed by atoms with Gasteiger partial charge in [0.1, 0.15) is 18.1 Å². The molecule has 2 aromatic heterocycles. The maximum atomic E-state index is 13.8. The number of hydrogen-bond acceptors (Lipinski definition) is 6. The van der Waals surface area contributed by atoms with E-state index in [9.17, 15) is 22.4 Å². The Balaban J connectivity index is 1.41. The zero-order chi connectivity index (χ0) is 33.7. The number of nitrogens with one attached hydrogen (secondary N) is 4. The van der Waals surface area contributed by atoms with Gasteiger partial charge >= 0.3 is 11.9 Å². The van der Waals surface area contributed by atoms with Crippen molar-refractivity contribution in [1.29, 1.82) is 5.41 Å². The highest BCUT2D eigenvalue weighted by Gasteiger charge is 2.31. The molecule has 1 saturated heterocycles. The molecular formula is C34H41F4N7O2. The Morgan fingerprint density at radius 2 is 2.02 bits per heavy atom. The second-order valence-corrected chi connectivity index (χ2v) is 12.2. The summed E-state index contributed by atoms with van der Waals surface area (Å²) in [6.45, 7) is 1.76. The van der Waals surface area contributed by atoms with Gasteiger partial charge in [-0.25, -0.2) is 9.18 Å². The summed E-state index contributed by atoms with van der Waals surface area (Å²) in [5.74, 6) is 1.07. The Morgan fingerprint density at radius 1 is 1.21 bits per heavy atom. The van der Waals surface area contributed by atoms with E-state index in [1.165, 1.54) is 4.57 Å². The first kappa shape index (κ1) is 34.1. The van der Waals surface area contributed by atoms with Crippen molar-refractivity contribution >= 4 is 16.9 Å². The van der Waals surface area contributed by atoms with Gasteiger partial charge in [-0.1, -0.05) is 12.5 Å². The van der Waals surface area contributed by atoms with Crippen molar-refractivity contribution in [3.8, 4) is 22.7 Å². The summed E-state index contributed by atoms with van der Waals surface area (Å²) in [5.41, 5.74) is 7.20. The Labute approximate surface area is 270 Å². The van der Waals surface area contributed by atoms with E-state index in [4.69, 9.17) is 15.9 Å². The fourth-order valence-electron chi connectivity index (χ4n) is 6.20. The standard InChI is InChI=1S/C34H41F4N7O2/c1-20(39)41-12-11-26-7-4-8-29(42-26)28-10-9-27(17-31(28)47-2)45-19-23-16-30(43-32(23)44-33(45)46)22-13-21(5-3-6-25(40)18-35)14-24(15-22)34(36,37)38/h9-10,13-17,19,25-26,29,42H,3-8,11-12,18,40H2,1-2H3,(H2,39,41)(H,43,44,46)/t25-,26+,29+/m1/s1. The lowest BCUT2D eigenvalue weighted by molar-refractivity contribution is -0.137. The predicted molar refractivity (Wildman–Crippen MR) is 175 cm³/mol. The molecule has 5 rings (SSSR count). The number of rotatable bonds is 12. The first-order valence-corrected chi connectivity index (χ1v) is 15.8. The van der Waals surface area contributed by atoms with Gasteiger partial charge in [0.2, 0.25) is 0 Å². The molecule has 1 aliphatic heterocycles. The van der Waals surface area contributed by atoms with Crippen LogP contribution in [0.4, 0.5) is 17.6 Å². The van der Waals surface area contributed by atoms with Crippen molar-refractivity contribution in [3.05, 3.63) is 75.8 Å². The number of aromatic nitrogens is 3. The molecule has 0 radical (unpaired) electrons. The number of aryl methyl sites for hydroxylation is 1.